The predicted octanol–water partition coefficient (Wildman–Crippen LogP) is 1.15. The number of β-lactam (4-membered cyclic amide) rings is 1. The first-order valence-electron chi connectivity index (χ1n) is 8.80. The van der Waals surface area contributed by atoms with Crippen LogP contribution in [0.3, 0.4) is 0 Å². The maximum Gasteiger partial charge on any atom is 0.352 e. The van der Waals surface area contributed by atoms with Crippen molar-refractivity contribution in [3.05, 3.63) is 40.4 Å². The fourth-order valence-corrected chi connectivity index (χ4v) is 6.41. The topological polar surface area (TPSA) is 158 Å². The molecule has 0 spiro atoms. The number of amides is 2. The normalized spacial score (nSPS) is 21.0. The lowest BCUT2D eigenvalue weighted by atomic mass is 10.0. The molecule has 4 rings (SSSR count). The van der Waals surface area contributed by atoms with Crippen molar-refractivity contribution < 1.29 is 29.1 Å². The first-order chi connectivity index (χ1) is 14.9. The monoisotopic (exact) mass is 481 g/mol. The Kier molecular flexibility index (Phi) is 6.02. The Hall–Kier alpha value is -2.84. The van der Waals surface area contributed by atoms with E-state index in [9.17, 15) is 19.5 Å². The van der Waals surface area contributed by atoms with E-state index >= 15 is 0 Å². The molecule has 0 aromatic carbocycles. The Morgan fingerprint density at radius 3 is 2.87 bits per heavy atom. The molecule has 1 fully saturated rings. The lowest BCUT2D eigenvalue weighted by Gasteiger charge is -2.49. The van der Waals surface area contributed by atoms with Gasteiger partial charge >= 0.3 is 5.97 Å². The molecule has 14 heteroatoms. The highest BCUT2D eigenvalue weighted by molar-refractivity contribution is 8.01. The van der Waals surface area contributed by atoms with Crippen LogP contribution in [0.4, 0.5) is 0 Å². The van der Waals surface area contributed by atoms with Crippen LogP contribution in [0, 0.1) is 6.92 Å². The number of aromatic nitrogens is 2. The third kappa shape index (κ3) is 4.05. The highest BCUT2D eigenvalue weighted by atomic mass is 32.2. The maximum atomic E-state index is 12.7. The zero-order valence-corrected chi connectivity index (χ0v) is 18.3. The van der Waals surface area contributed by atoms with Gasteiger partial charge in [0, 0.05) is 11.5 Å². The summed E-state index contributed by atoms with van der Waals surface area (Å²) in [6.07, 6.45) is 1.31. The summed E-state index contributed by atoms with van der Waals surface area (Å²) < 4.78 is 5.77. The number of nitrogens with zero attached hydrogens (tertiary/aromatic N) is 4. The molecule has 2 aromatic heterocycles. The molecule has 162 valence electrons. The fraction of sp³-hybridized carbons (Fsp3) is 0.294. The van der Waals surface area contributed by atoms with E-state index in [0.717, 1.165) is 9.35 Å². The van der Waals surface area contributed by atoms with Crippen LogP contribution >= 0.6 is 34.9 Å². The summed E-state index contributed by atoms with van der Waals surface area (Å²) >= 11 is 4.12. The lowest BCUT2D eigenvalue weighted by molar-refractivity contribution is -0.150. The Morgan fingerprint density at radius 1 is 1.45 bits per heavy atom. The molecule has 11 nitrogen and oxygen atoms in total. The predicted molar refractivity (Wildman–Crippen MR) is 112 cm³/mol. The van der Waals surface area contributed by atoms with Crippen LogP contribution < -0.4 is 5.32 Å². The minimum atomic E-state index is -1.21. The minimum Gasteiger partial charge on any atom is -0.477 e. The first-order valence-corrected chi connectivity index (χ1v) is 11.7. The van der Waals surface area contributed by atoms with E-state index in [2.05, 4.69) is 20.7 Å². The van der Waals surface area contributed by atoms with Gasteiger partial charge in [0.1, 0.15) is 22.1 Å². The highest BCUT2D eigenvalue weighted by Gasteiger charge is 2.54. The third-order valence-electron chi connectivity index (χ3n) is 4.48. The van der Waals surface area contributed by atoms with Gasteiger partial charge in [-0.3, -0.25) is 14.5 Å². The second kappa shape index (κ2) is 8.72. The van der Waals surface area contributed by atoms with Gasteiger partial charge in [-0.25, -0.2) is 4.79 Å². The van der Waals surface area contributed by atoms with Crippen molar-refractivity contribution in [3.63, 3.8) is 0 Å². The number of carboxylic acid groups (broad SMARTS) is 1. The van der Waals surface area contributed by atoms with Crippen LogP contribution in [-0.2, 0) is 14.4 Å². The molecular formula is C17H15N5O6S3. The van der Waals surface area contributed by atoms with E-state index in [1.807, 2.05) is 6.92 Å². The molecule has 0 radical (unpaired) electrons. The van der Waals surface area contributed by atoms with E-state index in [1.54, 1.807) is 0 Å². The number of nitrogens with one attached hydrogen (secondary N) is 1. The van der Waals surface area contributed by atoms with Gasteiger partial charge < -0.3 is 20.0 Å². The van der Waals surface area contributed by atoms with Crippen molar-refractivity contribution in [3.8, 4) is 0 Å². The van der Waals surface area contributed by atoms with E-state index in [1.165, 1.54) is 58.2 Å². The second-order valence-corrected chi connectivity index (χ2v) is 9.93. The molecule has 3 N–H and O–H groups in total. The minimum absolute atomic E-state index is 0.0391. The third-order valence-corrected chi connectivity index (χ3v) is 7.88. The molecule has 0 aliphatic carbocycles. The van der Waals surface area contributed by atoms with E-state index in [4.69, 9.17) is 9.62 Å². The van der Waals surface area contributed by atoms with Crippen LogP contribution in [0.5, 0.6) is 0 Å². The Labute approximate surface area is 187 Å². The first kappa shape index (κ1) is 21.4. The number of fused-ring (bicyclic) bond motifs is 1. The van der Waals surface area contributed by atoms with Crippen molar-refractivity contribution in [1.82, 2.24) is 20.4 Å². The number of carboxylic acids is 1. The van der Waals surface area contributed by atoms with Crippen LogP contribution in [0.25, 0.3) is 0 Å². The fourth-order valence-electron chi connectivity index (χ4n) is 3.11. The van der Waals surface area contributed by atoms with Gasteiger partial charge in [0.2, 0.25) is 5.71 Å². The molecule has 2 aliphatic rings. The average Bonchev–Trinajstić information content (AvgIpc) is 3.42. The average molecular weight is 482 g/mol. The molecule has 2 aliphatic heterocycles. The standard InChI is InChI=1S/C17H15N5O6S3/c1-7-19-20-17(31-7)30-6-8-5-29-15-11(14(24)22(15)12(8)16(25)26)18-13(23)10(21-27)9-3-2-4-28-9/h2-4,11,15,27H,5-6H2,1H3,(H,18,23)(H,25,26)/t11-,15+/m1/s1. The van der Waals surface area contributed by atoms with Crippen LogP contribution in [-0.4, -0.2) is 71.8 Å². The molecule has 0 saturated carbocycles. The van der Waals surface area contributed by atoms with Gasteiger partial charge in [-0.2, -0.15) is 0 Å². The highest BCUT2D eigenvalue weighted by Crippen LogP contribution is 2.41. The number of hydrogen-bond donors (Lipinski definition) is 3. The summed E-state index contributed by atoms with van der Waals surface area (Å²) in [6.45, 7) is 1.83. The van der Waals surface area contributed by atoms with Crippen molar-refractivity contribution in [1.29, 1.82) is 0 Å². The smallest absolute Gasteiger partial charge is 0.352 e. The summed E-state index contributed by atoms with van der Waals surface area (Å²) in [7, 11) is 0. The van der Waals surface area contributed by atoms with Gasteiger partial charge in [-0.05, 0) is 24.6 Å². The van der Waals surface area contributed by atoms with E-state index in [-0.39, 0.29) is 17.2 Å². The molecular weight excluding hydrogens is 466 g/mol. The Bertz CT molecular complexity index is 1100. The lowest BCUT2D eigenvalue weighted by Crippen LogP contribution is -2.71. The number of carbonyl (C=O) groups is 3. The number of carbonyl (C=O) groups excluding carboxylic acids is 2. The van der Waals surface area contributed by atoms with Gasteiger partial charge in [-0.15, -0.1) is 22.0 Å². The number of aliphatic carboxylic acids is 1. The molecule has 4 heterocycles. The summed E-state index contributed by atoms with van der Waals surface area (Å²) in [6, 6.07) is 2.01. The number of oxime groups is 1. The maximum absolute atomic E-state index is 12.7. The molecule has 0 bridgehead atoms. The van der Waals surface area contributed by atoms with E-state index in [0.29, 0.717) is 17.1 Å². The second-order valence-electron chi connectivity index (χ2n) is 6.42. The van der Waals surface area contributed by atoms with Crippen LogP contribution in [0.1, 0.15) is 10.8 Å². The molecule has 0 unspecified atom stereocenters. The molecule has 2 atom stereocenters. The van der Waals surface area contributed by atoms with Crippen molar-refractivity contribution in [2.75, 3.05) is 11.5 Å². The largest absolute Gasteiger partial charge is 0.477 e. The summed E-state index contributed by atoms with van der Waals surface area (Å²) in [5.41, 5.74) is 0.142. The number of aryl methyl sites for hydroxylation is 1. The van der Waals surface area contributed by atoms with Crippen molar-refractivity contribution >= 4 is 58.4 Å². The van der Waals surface area contributed by atoms with E-state index < -0.39 is 29.2 Å². The number of furan rings is 1. The zero-order chi connectivity index (χ0) is 22.1. The number of hydrogen-bond acceptors (Lipinski definition) is 11. The van der Waals surface area contributed by atoms with Crippen LogP contribution in [0.15, 0.2) is 43.6 Å². The molecule has 1 saturated heterocycles. The Morgan fingerprint density at radius 2 is 2.26 bits per heavy atom. The zero-order valence-electron chi connectivity index (χ0n) is 15.8. The number of rotatable bonds is 7. The van der Waals surface area contributed by atoms with Gasteiger partial charge in [0.25, 0.3) is 11.8 Å². The van der Waals surface area contributed by atoms with Crippen LogP contribution in [0.2, 0.25) is 0 Å². The quantitative estimate of drug-likeness (QED) is 0.172. The molecule has 2 aromatic rings. The molecule has 2 amide bonds. The summed E-state index contributed by atoms with van der Waals surface area (Å²) in [5.74, 6) is -1.78. The van der Waals surface area contributed by atoms with Crippen molar-refractivity contribution in [2.45, 2.75) is 22.7 Å². The molecule has 31 heavy (non-hydrogen) atoms. The summed E-state index contributed by atoms with van der Waals surface area (Å²) in [5, 5.41) is 32.5. The summed E-state index contributed by atoms with van der Waals surface area (Å²) in [4.78, 5) is 38.3. The Balaban J connectivity index is 1.48. The SMILES string of the molecule is Cc1nnc(SCC2=C(C(=O)O)N3C(=O)[C@@H](NC(=O)C(=NO)c4ccco4)[C@@H]3SC2)s1. The van der Waals surface area contributed by atoms with Gasteiger partial charge in [0.15, 0.2) is 10.1 Å². The van der Waals surface area contributed by atoms with Gasteiger partial charge in [0.05, 0.1) is 6.26 Å². The van der Waals surface area contributed by atoms with Gasteiger partial charge in [-0.1, -0.05) is 28.3 Å². The van der Waals surface area contributed by atoms with Crippen molar-refractivity contribution in [2.24, 2.45) is 5.16 Å². The number of thioether (sulfide) groups is 2.